The van der Waals surface area contributed by atoms with Gasteiger partial charge in [0.25, 0.3) is 0 Å². The maximum Gasteiger partial charge on any atom is 0.240 e. The summed E-state index contributed by atoms with van der Waals surface area (Å²) in [6.45, 7) is 4.69. The Hall–Kier alpha value is -2.10. The minimum atomic E-state index is 0.371. The van der Waals surface area contributed by atoms with Gasteiger partial charge in [0.15, 0.2) is 5.82 Å². The molecule has 0 spiro atoms. The van der Waals surface area contributed by atoms with Crippen molar-refractivity contribution in [1.29, 1.82) is 0 Å². The van der Waals surface area contributed by atoms with Crippen LogP contribution in [0.2, 0.25) is 0 Å². The number of piperazine rings is 1. The fourth-order valence-electron chi connectivity index (χ4n) is 3.13. The Morgan fingerprint density at radius 3 is 2.88 bits per heavy atom. The van der Waals surface area contributed by atoms with E-state index in [1.54, 1.807) is 7.11 Å². The van der Waals surface area contributed by atoms with Crippen LogP contribution in [0.5, 0.6) is 0 Å². The molecule has 0 aromatic carbocycles. The van der Waals surface area contributed by atoms with Crippen LogP contribution in [0.3, 0.4) is 0 Å². The van der Waals surface area contributed by atoms with Crippen molar-refractivity contribution in [3.8, 4) is 0 Å². The molecule has 3 aromatic heterocycles. The summed E-state index contributed by atoms with van der Waals surface area (Å²) in [5, 5.41) is 3.91. The molecule has 4 rings (SSSR count). The van der Waals surface area contributed by atoms with Gasteiger partial charge in [0.1, 0.15) is 12.1 Å². The fourth-order valence-corrected chi connectivity index (χ4v) is 3.45. The molecule has 26 heavy (non-hydrogen) atoms. The van der Waals surface area contributed by atoms with E-state index in [1.165, 1.54) is 0 Å². The van der Waals surface area contributed by atoms with Crippen molar-refractivity contribution in [3.63, 3.8) is 0 Å². The third kappa shape index (κ3) is 3.69. The molecular formula is C17H19BrN6O2. The summed E-state index contributed by atoms with van der Waals surface area (Å²) in [4.78, 5) is 18.0. The van der Waals surface area contributed by atoms with E-state index in [9.17, 15) is 0 Å². The fraction of sp³-hybridized carbons (Fsp3) is 0.412. The molecular weight excluding hydrogens is 400 g/mol. The number of aromatic nitrogens is 4. The molecule has 0 saturated carbocycles. The Kier molecular flexibility index (Phi) is 5.09. The van der Waals surface area contributed by atoms with Gasteiger partial charge >= 0.3 is 0 Å². The summed E-state index contributed by atoms with van der Waals surface area (Å²) in [5.74, 6) is 1.22. The number of anilines is 1. The van der Waals surface area contributed by atoms with Crippen molar-refractivity contribution < 1.29 is 9.26 Å². The van der Waals surface area contributed by atoms with E-state index in [-0.39, 0.29) is 0 Å². The van der Waals surface area contributed by atoms with E-state index < -0.39 is 0 Å². The molecule has 1 fully saturated rings. The van der Waals surface area contributed by atoms with E-state index >= 15 is 0 Å². The van der Waals surface area contributed by atoms with Gasteiger partial charge in [0.05, 0.1) is 17.7 Å². The van der Waals surface area contributed by atoms with Crippen LogP contribution in [-0.2, 0) is 17.9 Å². The monoisotopic (exact) mass is 418 g/mol. The van der Waals surface area contributed by atoms with Crippen LogP contribution >= 0.6 is 15.9 Å². The molecule has 136 valence electrons. The molecule has 0 radical (unpaired) electrons. The molecule has 1 aliphatic heterocycles. The highest BCUT2D eigenvalue weighted by Gasteiger charge is 2.21. The maximum absolute atomic E-state index is 5.28. The Balaban J connectivity index is 1.42. The molecule has 1 saturated heterocycles. The third-order valence-electron chi connectivity index (χ3n) is 4.38. The number of ether oxygens (including phenoxy) is 1. The lowest BCUT2D eigenvalue weighted by molar-refractivity contribution is 0.174. The largest absolute Gasteiger partial charge is 0.377 e. The quantitative estimate of drug-likeness (QED) is 0.623. The molecule has 0 aliphatic carbocycles. The normalized spacial score (nSPS) is 15.7. The average molecular weight is 419 g/mol. The zero-order chi connectivity index (χ0) is 17.9. The van der Waals surface area contributed by atoms with Crippen molar-refractivity contribution >= 4 is 32.7 Å². The average Bonchev–Trinajstić information content (AvgIpc) is 3.09. The summed E-state index contributed by atoms with van der Waals surface area (Å²) >= 11 is 3.45. The molecule has 0 N–H and O–H groups in total. The van der Waals surface area contributed by atoms with Gasteiger partial charge in [-0.1, -0.05) is 5.16 Å². The van der Waals surface area contributed by atoms with Crippen LogP contribution in [0, 0.1) is 0 Å². The predicted octanol–water partition coefficient (Wildman–Crippen LogP) is 2.24. The predicted molar refractivity (Wildman–Crippen MR) is 99.7 cm³/mol. The van der Waals surface area contributed by atoms with Crippen molar-refractivity contribution in [2.24, 2.45) is 0 Å². The zero-order valence-corrected chi connectivity index (χ0v) is 16.0. The molecule has 8 nitrogen and oxygen atoms in total. The highest BCUT2D eigenvalue weighted by atomic mass is 79.9. The van der Waals surface area contributed by atoms with E-state index in [0.717, 1.165) is 47.4 Å². The summed E-state index contributed by atoms with van der Waals surface area (Å²) in [6.07, 6.45) is 3.66. The Bertz CT molecular complexity index is 894. The number of nitrogens with zero attached hydrogens (tertiary/aromatic N) is 6. The molecule has 3 aromatic rings. The first kappa shape index (κ1) is 17.3. The lowest BCUT2D eigenvalue weighted by Crippen LogP contribution is -2.46. The number of pyridine rings is 2. The highest BCUT2D eigenvalue weighted by Crippen LogP contribution is 2.26. The smallest absolute Gasteiger partial charge is 0.240 e. The molecule has 4 heterocycles. The van der Waals surface area contributed by atoms with Gasteiger partial charge < -0.3 is 14.2 Å². The van der Waals surface area contributed by atoms with Crippen LogP contribution in [0.25, 0.3) is 11.0 Å². The lowest BCUT2D eigenvalue weighted by atomic mass is 10.2. The maximum atomic E-state index is 5.28. The first-order valence-corrected chi connectivity index (χ1v) is 9.20. The van der Waals surface area contributed by atoms with Crippen LogP contribution < -0.4 is 4.90 Å². The van der Waals surface area contributed by atoms with Crippen LogP contribution in [0.4, 0.5) is 5.69 Å². The number of fused-ring (bicyclic) bond motifs is 1. The van der Waals surface area contributed by atoms with Crippen LogP contribution in [0.1, 0.15) is 11.7 Å². The highest BCUT2D eigenvalue weighted by molar-refractivity contribution is 9.10. The zero-order valence-electron chi connectivity index (χ0n) is 14.4. The van der Waals surface area contributed by atoms with Gasteiger partial charge in [-0.15, -0.1) is 0 Å². The van der Waals surface area contributed by atoms with E-state index in [1.807, 2.05) is 24.5 Å². The number of hydrogen-bond donors (Lipinski definition) is 0. The number of rotatable bonds is 5. The van der Waals surface area contributed by atoms with Crippen molar-refractivity contribution in [3.05, 3.63) is 40.7 Å². The molecule has 0 bridgehead atoms. The second kappa shape index (κ2) is 7.65. The molecule has 1 aliphatic rings. The topological polar surface area (TPSA) is 80.4 Å². The van der Waals surface area contributed by atoms with Crippen molar-refractivity contribution in [2.75, 3.05) is 38.2 Å². The van der Waals surface area contributed by atoms with Crippen LogP contribution in [0.15, 0.2) is 33.5 Å². The summed E-state index contributed by atoms with van der Waals surface area (Å²) in [5.41, 5.74) is 2.96. The lowest BCUT2D eigenvalue weighted by Gasteiger charge is -2.35. The van der Waals surface area contributed by atoms with Crippen molar-refractivity contribution in [1.82, 2.24) is 25.0 Å². The number of halogens is 1. The van der Waals surface area contributed by atoms with Gasteiger partial charge in [-0.2, -0.15) is 4.98 Å². The molecule has 9 heteroatoms. The minimum absolute atomic E-state index is 0.371. The second-order valence-electron chi connectivity index (χ2n) is 6.15. The first-order chi connectivity index (χ1) is 12.7. The SMILES string of the molecule is COCc1noc(CN2CCN(c3ccnc4cc(Br)cnc34)CC2)n1. The molecule has 0 amide bonds. The van der Waals surface area contributed by atoms with E-state index in [4.69, 9.17) is 9.26 Å². The summed E-state index contributed by atoms with van der Waals surface area (Å²) < 4.78 is 11.2. The van der Waals surface area contributed by atoms with Crippen LogP contribution in [-0.4, -0.2) is 58.3 Å². The van der Waals surface area contributed by atoms with Gasteiger partial charge in [0.2, 0.25) is 5.89 Å². The Morgan fingerprint density at radius 2 is 2.08 bits per heavy atom. The molecule has 0 unspecified atom stereocenters. The van der Waals surface area contributed by atoms with E-state index in [2.05, 4.69) is 45.8 Å². The standard InChI is InChI=1S/C17H19BrN6O2/c1-25-11-15-21-16(26-22-15)10-23-4-6-24(7-5-23)14-2-3-19-13-8-12(18)9-20-17(13)14/h2-3,8-9H,4-7,10-11H2,1H3. The van der Waals surface area contributed by atoms with Gasteiger partial charge in [-0.3, -0.25) is 14.9 Å². The Labute approximate surface area is 159 Å². The van der Waals surface area contributed by atoms with E-state index in [0.29, 0.717) is 24.9 Å². The number of hydrogen-bond acceptors (Lipinski definition) is 8. The third-order valence-corrected chi connectivity index (χ3v) is 4.81. The first-order valence-electron chi connectivity index (χ1n) is 8.41. The van der Waals surface area contributed by atoms with Gasteiger partial charge in [-0.05, 0) is 28.1 Å². The molecule has 0 atom stereocenters. The number of methoxy groups -OCH3 is 1. The van der Waals surface area contributed by atoms with Gasteiger partial charge in [0, 0.05) is 50.2 Å². The summed E-state index contributed by atoms with van der Waals surface area (Å²) in [7, 11) is 1.62. The Morgan fingerprint density at radius 1 is 1.23 bits per heavy atom. The van der Waals surface area contributed by atoms with Gasteiger partial charge in [-0.25, -0.2) is 0 Å². The second-order valence-corrected chi connectivity index (χ2v) is 7.07. The van der Waals surface area contributed by atoms with Crippen molar-refractivity contribution in [2.45, 2.75) is 13.2 Å². The minimum Gasteiger partial charge on any atom is -0.377 e. The summed E-state index contributed by atoms with van der Waals surface area (Å²) in [6, 6.07) is 4.03.